The number of esters is 1. The van der Waals surface area contributed by atoms with Crippen molar-refractivity contribution in [3.63, 3.8) is 0 Å². The molecule has 2 aliphatic heterocycles. The Hall–Kier alpha value is -6.83. The molecule has 3 aromatic carbocycles. The number of benzene rings is 3. The van der Waals surface area contributed by atoms with Gasteiger partial charge in [0, 0.05) is 37.4 Å². The molecule has 1 unspecified atom stereocenters. The second kappa shape index (κ2) is 21.6. The van der Waals surface area contributed by atoms with E-state index in [1.165, 1.54) is 27.3 Å². The van der Waals surface area contributed by atoms with E-state index in [1.807, 2.05) is 4.98 Å². The number of aromatic nitrogens is 4. The first-order chi connectivity index (χ1) is 33.1. The molecule has 2 saturated heterocycles. The maximum atomic E-state index is 15.8. The number of H-pyrrole nitrogens is 2. The highest BCUT2D eigenvalue weighted by Crippen LogP contribution is 2.56. The number of carbonyl (C=O) groups excluding carboxylic acids is 1. The van der Waals surface area contributed by atoms with Gasteiger partial charge in [0.2, 0.25) is 0 Å². The minimum absolute atomic E-state index is 0.153. The van der Waals surface area contributed by atoms with E-state index in [9.17, 15) is 33.8 Å². The number of ether oxygens (including phenoxy) is 6. The molecule has 0 spiro atoms. The van der Waals surface area contributed by atoms with Crippen LogP contribution in [-0.2, 0) is 47.5 Å². The summed E-state index contributed by atoms with van der Waals surface area (Å²) in [4.78, 5) is 66.9. The summed E-state index contributed by atoms with van der Waals surface area (Å²) < 4.78 is 101. The van der Waals surface area contributed by atoms with E-state index in [0.29, 0.717) is 28.2 Å². The van der Waals surface area contributed by atoms with Gasteiger partial charge in [0.1, 0.15) is 47.7 Å². The fraction of sp³-hybridized carbons (Fsp3) is 0.348. The minimum atomic E-state index is -5.21. The standard InChI is InChI=1S/C46H46F2N5O15P/c1-27-24-53(45(58)51-42(27)56)38-23-34(65-28(2)54)35(66-38)26-64-69(59,63-22-8-20-49)68-40-39(41(47)48)36(67-43(40)52-21-19-37(55)50-44(52)57)25-62-46(29-9-6-5-7-10-29,30-11-15-32(60-3)16-12-30)31-13-17-33(61-4)18-14-31/h5-7,9-19,21,24,34-36,38,40,43H,8,22-23,25-26H2,1-4H3,(H,50,55,57)(H,51,56,58)/t34-,35+,36+,38+,40+,43+,69?/m0/s1. The Morgan fingerprint density at radius 1 is 0.855 bits per heavy atom. The van der Waals surface area contributed by atoms with E-state index in [1.54, 1.807) is 84.9 Å². The van der Waals surface area contributed by atoms with Crippen molar-refractivity contribution in [2.45, 2.75) is 69.2 Å². The molecule has 4 heterocycles. The van der Waals surface area contributed by atoms with Gasteiger partial charge in [0.25, 0.3) is 17.2 Å². The molecule has 2 fully saturated rings. The quantitative estimate of drug-likeness (QED) is 0.0471. The number of phosphoric ester groups is 1. The molecule has 23 heteroatoms. The van der Waals surface area contributed by atoms with Gasteiger partial charge in [0.05, 0.1) is 52.1 Å². The van der Waals surface area contributed by atoms with Crippen LogP contribution in [0.1, 0.15) is 54.5 Å². The largest absolute Gasteiger partial charge is 0.497 e. The van der Waals surface area contributed by atoms with Gasteiger partial charge in [-0.05, 0) is 47.9 Å². The Labute approximate surface area is 391 Å². The number of hydrogen-bond acceptors (Lipinski definition) is 16. The molecule has 0 bridgehead atoms. The molecular weight excluding hydrogens is 931 g/mol. The zero-order valence-corrected chi connectivity index (χ0v) is 38.3. The van der Waals surface area contributed by atoms with Gasteiger partial charge in [0.15, 0.2) is 6.23 Å². The van der Waals surface area contributed by atoms with Gasteiger partial charge < -0.3 is 28.4 Å². The Bertz CT molecular complexity index is 2940. The second-order valence-corrected chi connectivity index (χ2v) is 17.2. The van der Waals surface area contributed by atoms with Crippen LogP contribution in [0.4, 0.5) is 8.78 Å². The molecule has 0 radical (unpaired) electrons. The van der Waals surface area contributed by atoms with E-state index in [0.717, 1.165) is 28.3 Å². The van der Waals surface area contributed by atoms with Crippen molar-refractivity contribution in [2.24, 2.45) is 0 Å². The molecule has 0 amide bonds. The smallest absolute Gasteiger partial charge is 0.475 e. The van der Waals surface area contributed by atoms with Crippen LogP contribution in [0.25, 0.3) is 0 Å². The van der Waals surface area contributed by atoms with Gasteiger partial charge in [-0.15, -0.1) is 0 Å². The molecule has 7 rings (SSSR count). The monoisotopic (exact) mass is 977 g/mol. The average Bonchev–Trinajstić information content (AvgIpc) is 3.90. The third-order valence-electron chi connectivity index (χ3n) is 11.2. The number of phosphoric acid groups is 1. The molecule has 69 heavy (non-hydrogen) atoms. The average molecular weight is 978 g/mol. The molecule has 7 atom stereocenters. The molecule has 5 aromatic rings. The molecule has 2 N–H and O–H groups in total. The highest BCUT2D eigenvalue weighted by molar-refractivity contribution is 7.48. The van der Waals surface area contributed by atoms with E-state index in [2.05, 4.69) is 4.98 Å². The van der Waals surface area contributed by atoms with Crippen molar-refractivity contribution in [3.05, 3.63) is 173 Å². The Morgan fingerprint density at radius 2 is 1.48 bits per heavy atom. The van der Waals surface area contributed by atoms with Crippen molar-refractivity contribution in [3.8, 4) is 17.6 Å². The van der Waals surface area contributed by atoms with Crippen molar-refractivity contribution in [1.29, 1.82) is 5.26 Å². The normalized spacial score (nSPS) is 21.0. The summed E-state index contributed by atoms with van der Waals surface area (Å²) >= 11 is 0. The van der Waals surface area contributed by atoms with Crippen LogP contribution in [-0.4, -0.2) is 83.5 Å². The number of nitrogens with one attached hydrogen (secondary N) is 2. The second-order valence-electron chi connectivity index (χ2n) is 15.6. The van der Waals surface area contributed by atoms with Gasteiger partial charge in [-0.25, -0.2) is 14.2 Å². The lowest BCUT2D eigenvalue weighted by Crippen LogP contribution is -2.36. The lowest BCUT2D eigenvalue weighted by Gasteiger charge is -2.37. The Morgan fingerprint density at radius 3 is 2.06 bits per heavy atom. The van der Waals surface area contributed by atoms with Crippen LogP contribution in [0.15, 0.2) is 128 Å². The summed E-state index contributed by atoms with van der Waals surface area (Å²) in [6, 6.07) is 25.3. The van der Waals surface area contributed by atoms with Crippen LogP contribution >= 0.6 is 7.82 Å². The Kier molecular flexibility index (Phi) is 15.7. The Balaban J connectivity index is 1.27. The van der Waals surface area contributed by atoms with Crippen LogP contribution in [0, 0.1) is 18.3 Å². The van der Waals surface area contributed by atoms with Gasteiger partial charge in [-0.2, -0.15) is 14.0 Å². The van der Waals surface area contributed by atoms with Gasteiger partial charge in [-0.3, -0.25) is 47.1 Å². The molecule has 0 aliphatic carbocycles. The lowest BCUT2D eigenvalue weighted by atomic mass is 9.80. The van der Waals surface area contributed by atoms with Crippen LogP contribution < -0.4 is 32.0 Å². The zero-order chi connectivity index (χ0) is 49.5. The number of carbonyl (C=O) groups is 1. The van der Waals surface area contributed by atoms with Crippen molar-refractivity contribution in [1.82, 2.24) is 19.1 Å². The number of nitrogens with zero attached hydrogens (tertiary/aromatic N) is 3. The van der Waals surface area contributed by atoms with Crippen molar-refractivity contribution in [2.75, 3.05) is 34.0 Å². The van der Waals surface area contributed by atoms with Crippen LogP contribution in [0.2, 0.25) is 0 Å². The minimum Gasteiger partial charge on any atom is -0.497 e. The van der Waals surface area contributed by atoms with Crippen LogP contribution in [0.3, 0.4) is 0 Å². The molecule has 364 valence electrons. The fourth-order valence-electron chi connectivity index (χ4n) is 7.99. The third-order valence-corrected chi connectivity index (χ3v) is 12.7. The highest BCUT2D eigenvalue weighted by atomic mass is 31.2. The third kappa shape index (κ3) is 11.1. The number of methoxy groups -OCH3 is 2. The maximum absolute atomic E-state index is 15.8. The van der Waals surface area contributed by atoms with Crippen LogP contribution in [0.5, 0.6) is 11.5 Å². The van der Waals surface area contributed by atoms with Crippen molar-refractivity contribution >= 4 is 13.8 Å². The first-order valence-corrected chi connectivity index (χ1v) is 22.7. The summed E-state index contributed by atoms with van der Waals surface area (Å²) in [7, 11) is -2.22. The van der Waals surface area contributed by atoms with E-state index >= 15 is 8.78 Å². The number of nitriles is 1. The zero-order valence-electron chi connectivity index (χ0n) is 37.4. The molecule has 0 saturated carbocycles. The summed E-state index contributed by atoms with van der Waals surface area (Å²) in [5.74, 6) is 0.258. The van der Waals surface area contributed by atoms with Crippen molar-refractivity contribution < 1.29 is 60.1 Å². The highest BCUT2D eigenvalue weighted by Gasteiger charge is 2.51. The number of rotatable bonds is 19. The summed E-state index contributed by atoms with van der Waals surface area (Å²) in [6.07, 6.45) is -10.3. The van der Waals surface area contributed by atoms with E-state index in [-0.39, 0.29) is 18.4 Å². The summed E-state index contributed by atoms with van der Waals surface area (Å²) in [5, 5.41) is 9.34. The first kappa shape index (κ1) is 50.1. The van der Waals surface area contributed by atoms with Gasteiger partial charge >= 0.3 is 25.2 Å². The predicted octanol–water partition coefficient (Wildman–Crippen LogP) is 5.13. The fourth-order valence-corrected chi connectivity index (χ4v) is 9.33. The van der Waals surface area contributed by atoms with E-state index < -0.39 is 110 Å². The van der Waals surface area contributed by atoms with Gasteiger partial charge in [-0.1, -0.05) is 54.6 Å². The number of aryl methyl sites for hydroxylation is 1. The molecular formula is C46H46F2N5O15P. The summed E-state index contributed by atoms with van der Waals surface area (Å²) in [5.41, 5.74) is -4.23. The molecule has 2 aromatic heterocycles. The summed E-state index contributed by atoms with van der Waals surface area (Å²) in [6.45, 7) is 0.448. The molecule has 20 nitrogen and oxygen atoms in total. The number of hydrogen-bond donors (Lipinski definition) is 2. The lowest BCUT2D eigenvalue weighted by molar-refractivity contribution is -0.150. The predicted molar refractivity (Wildman–Crippen MR) is 237 cm³/mol. The van der Waals surface area contributed by atoms with E-state index in [4.69, 9.17) is 42.0 Å². The SMILES string of the molecule is COc1ccc(C(OC[C@H]2O[C@@H](n3ccc(=O)[nH]c3=O)[C@H](OP(=O)(OCCC#N)OC[C@H]3O[C@@H](n4cc(C)c(=O)[nH]c4=O)C[C@@H]3OC(C)=O)C2=C(F)F)(c2ccccc2)c2ccc(OC)cc2)cc1. The number of halogens is 2. The topological polar surface area (TPSA) is 251 Å². The number of aromatic amines is 2. The maximum Gasteiger partial charge on any atom is 0.475 e. The molecule has 2 aliphatic rings. The first-order valence-electron chi connectivity index (χ1n) is 21.2.